The van der Waals surface area contributed by atoms with Gasteiger partial charge < -0.3 is 0 Å². The van der Waals surface area contributed by atoms with Crippen LogP contribution >= 0.6 is 27.5 Å². The van der Waals surface area contributed by atoms with Gasteiger partial charge in [-0.05, 0) is 12.1 Å². The summed E-state index contributed by atoms with van der Waals surface area (Å²) in [5.74, 6) is 0. The molecule has 74 valence electrons. The number of hydrogen-bond acceptors (Lipinski definition) is 3. The summed E-state index contributed by atoms with van der Waals surface area (Å²) in [6.45, 7) is 0. The summed E-state index contributed by atoms with van der Waals surface area (Å²) in [5.41, 5.74) is 2.09. The van der Waals surface area contributed by atoms with Crippen molar-refractivity contribution in [3.63, 3.8) is 0 Å². The van der Waals surface area contributed by atoms with E-state index in [9.17, 15) is 0 Å². The minimum atomic E-state index is 0.921. The Labute approximate surface area is 98.7 Å². The molecular weight excluding hydrogens is 274 g/mol. The van der Waals surface area contributed by atoms with E-state index in [0.29, 0.717) is 0 Å². The molecule has 0 atom stereocenters. The van der Waals surface area contributed by atoms with Crippen molar-refractivity contribution in [2.45, 2.75) is 0 Å². The molecule has 2 aromatic heterocycles. The van der Waals surface area contributed by atoms with Crippen molar-refractivity contribution in [2.75, 3.05) is 0 Å². The summed E-state index contributed by atoms with van der Waals surface area (Å²) in [5, 5.41) is 0. The molecule has 1 aromatic carbocycles. The predicted octanol–water partition coefficient (Wildman–Crippen LogP) is 3.22. The van der Waals surface area contributed by atoms with Crippen LogP contribution in [0.3, 0.4) is 0 Å². The van der Waals surface area contributed by atoms with Crippen LogP contribution in [0.4, 0.5) is 0 Å². The molecule has 15 heavy (non-hydrogen) atoms. The van der Waals surface area contributed by atoms with Crippen LogP contribution in [-0.2, 0) is 0 Å². The van der Waals surface area contributed by atoms with E-state index in [1.807, 2.05) is 28.8 Å². The zero-order chi connectivity index (χ0) is 10.3. The molecule has 5 heteroatoms. The van der Waals surface area contributed by atoms with E-state index in [1.54, 1.807) is 6.33 Å². The Balaban J connectivity index is 2.17. The maximum atomic E-state index is 4.48. The molecule has 0 aliphatic heterocycles. The van der Waals surface area contributed by atoms with Gasteiger partial charge in [0.05, 0.1) is 5.69 Å². The van der Waals surface area contributed by atoms with Gasteiger partial charge in [-0.15, -0.1) is 0 Å². The van der Waals surface area contributed by atoms with Crippen molar-refractivity contribution < 1.29 is 0 Å². The maximum absolute atomic E-state index is 4.48. The molecule has 0 amide bonds. The fraction of sp³-hybridized carbons (Fsp3) is 0. The van der Waals surface area contributed by atoms with Crippen LogP contribution in [0, 0.1) is 0 Å². The van der Waals surface area contributed by atoms with E-state index in [4.69, 9.17) is 0 Å². The summed E-state index contributed by atoms with van der Waals surface area (Å²) < 4.78 is 7.04. The summed E-state index contributed by atoms with van der Waals surface area (Å²) in [7, 11) is 0. The van der Waals surface area contributed by atoms with Crippen LogP contribution in [0.25, 0.3) is 16.2 Å². The molecule has 0 aliphatic rings. The van der Waals surface area contributed by atoms with Gasteiger partial charge in [0.25, 0.3) is 0 Å². The average Bonchev–Trinajstić information content (AvgIpc) is 2.76. The van der Waals surface area contributed by atoms with E-state index in [1.165, 1.54) is 11.5 Å². The third-order valence-corrected chi connectivity index (χ3v) is 3.28. The largest absolute Gasteiger partial charge is 0.279 e. The summed E-state index contributed by atoms with van der Waals surface area (Å²) in [6.07, 6.45) is 3.76. The van der Waals surface area contributed by atoms with E-state index in [-0.39, 0.29) is 0 Å². The molecule has 0 N–H and O–H groups in total. The predicted molar refractivity (Wildman–Crippen MR) is 64.0 cm³/mol. The topological polar surface area (TPSA) is 30.2 Å². The highest BCUT2D eigenvalue weighted by atomic mass is 79.9. The van der Waals surface area contributed by atoms with E-state index < -0.39 is 0 Å². The lowest BCUT2D eigenvalue weighted by Gasteiger charge is -1.95. The molecule has 0 aliphatic carbocycles. The second kappa shape index (κ2) is 3.43. The van der Waals surface area contributed by atoms with Crippen molar-refractivity contribution in [2.24, 2.45) is 0 Å². The molecular formula is C10H6BrN3S. The Kier molecular flexibility index (Phi) is 2.07. The fourth-order valence-corrected chi connectivity index (χ4v) is 2.41. The summed E-state index contributed by atoms with van der Waals surface area (Å²) >= 11 is 4.85. The zero-order valence-corrected chi connectivity index (χ0v) is 9.99. The third kappa shape index (κ3) is 1.57. The van der Waals surface area contributed by atoms with Gasteiger partial charge in [-0.1, -0.05) is 28.1 Å². The molecule has 0 radical (unpaired) electrons. The second-order valence-electron chi connectivity index (χ2n) is 3.14. The monoisotopic (exact) mass is 279 g/mol. The van der Waals surface area contributed by atoms with Crippen molar-refractivity contribution in [1.29, 1.82) is 0 Å². The van der Waals surface area contributed by atoms with Gasteiger partial charge >= 0.3 is 0 Å². The van der Waals surface area contributed by atoms with Crippen LogP contribution < -0.4 is 0 Å². The highest BCUT2D eigenvalue weighted by Gasteiger charge is 2.05. The molecule has 0 saturated carbocycles. The number of imidazole rings is 1. The quantitative estimate of drug-likeness (QED) is 0.685. The van der Waals surface area contributed by atoms with Gasteiger partial charge in [-0.25, -0.2) is 4.98 Å². The molecule has 3 nitrogen and oxygen atoms in total. The lowest BCUT2D eigenvalue weighted by molar-refractivity contribution is 1.18. The van der Waals surface area contributed by atoms with E-state index >= 15 is 0 Å². The van der Waals surface area contributed by atoms with E-state index in [2.05, 4.69) is 31.4 Å². The first-order chi connectivity index (χ1) is 7.33. The lowest BCUT2D eigenvalue weighted by atomic mass is 10.2. The Bertz CT molecular complexity index is 585. The maximum Gasteiger partial charge on any atom is 0.213 e. The molecule has 0 saturated heterocycles. The zero-order valence-electron chi connectivity index (χ0n) is 7.59. The molecule has 0 bridgehead atoms. The molecule has 0 spiro atoms. The number of hydrogen-bond donors (Lipinski definition) is 0. The van der Waals surface area contributed by atoms with Crippen molar-refractivity contribution >= 4 is 32.4 Å². The first-order valence-electron chi connectivity index (χ1n) is 4.38. The van der Waals surface area contributed by atoms with Crippen LogP contribution in [-0.4, -0.2) is 13.8 Å². The van der Waals surface area contributed by atoms with Gasteiger partial charge in [0.1, 0.15) is 6.33 Å². The second-order valence-corrected chi connectivity index (χ2v) is 4.81. The highest BCUT2D eigenvalue weighted by molar-refractivity contribution is 9.10. The molecule has 3 rings (SSSR count). The molecule has 2 heterocycles. The van der Waals surface area contributed by atoms with Gasteiger partial charge in [-0.3, -0.25) is 4.40 Å². The highest BCUT2D eigenvalue weighted by Crippen LogP contribution is 2.23. The van der Waals surface area contributed by atoms with E-state index in [0.717, 1.165) is 20.7 Å². The standard InChI is InChI=1S/C10H6BrN3S/c11-8-3-1-2-7(4-8)9-5-14-6-12-15-10(14)13-9/h1-6H. The van der Waals surface area contributed by atoms with Gasteiger partial charge in [0, 0.05) is 27.8 Å². The Hall–Kier alpha value is -1.20. The normalized spacial score (nSPS) is 11.0. The average molecular weight is 280 g/mol. The number of rotatable bonds is 1. The fourth-order valence-electron chi connectivity index (χ4n) is 1.44. The van der Waals surface area contributed by atoms with Crippen molar-refractivity contribution in [3.8, 4) is 11.3 Å². The number of nitrogens with zero attached hydrogens (tertiary/aromatic N) is 3. The number of aromatic nitrogens is 3. The third-order valence-electron chi connectivity index (χ3n) is 2.12. The first kappa shape index (κ1) is 9.06. The van der Waals surface area contributed by atoms with Crippen LogP contribution in [0.1, 0.15) is 0 Å². The summed E-state index contributed by atoms with van der Waals surface area (Å²) in [6, 6.07) is 8.11. The molecule has 3 aromatic rings. The lowest BCUT2D eigenvalue weighted by Crippen LogP contribution is -1.76. The number of benzene rings is 1. The van der Waals surface area contributed by atoms with Crippen molar-refractivity contribution in [1.82, 2.24) is 13.8 Å². The van der Waals surface area contributed by atoms with Crippen LogP contribution in [0.2, 0.25) is 0 Å². The van der Waals surface area contributed by atoms with Gasteiger partial charge in [0.2, 0.25) is 4.96 Å². The van der Waals surface area contributed by atoms with Gasteiger partial charge in [-0.2, -0.15) is 4.37 Å². The minimum Gasteiger partial charge on any atom is -0.279 e. The first-order valence-corrected chi connectivity index (χ1v) is 5.95. The number of halogens is 1. The Morgan fingerprint density at radius 2 is 2.27 bits per heavy atom. The minimum absolute atomic E-state index is 0.921. The smallest absolute Gasteiger partial charge is 0.213 e. The molecule has 0 fully saturated rings. The Morgan fingerprint density at radius 3 is 3.07 bits per heavy atom. The number of fused-ring (bicyclic) bond motifs is 1. The van der Waals surface area contributed by atoms with Crippen LogP contribution in [0.5, 0.6) is 0 Å². The summed E-state index contributed by atoms with van der Waals surface area (Å²) in [4.78, 5) is 5.40. The SMILES string of the molecule is Brc1cccc(-c2cn3cnsc3n2)c1. The van der Waals surface area contributed by atoms with Crippen molar-refractivity contribution in [3.05, 3.63) is 41.3 Å². The van der Waals surface area contributed by atoms with Gasteiger partial charge in [0.15, 0.2) is 0 Å². The Morgan fingerprint density at radius 1 is 1.33 bits per heavy atom. The van der Waals surface area contributed by atoms with Crippen LogP contribution in [0.15, 0.2) is 41.3 Å². The molecule has 0 unspecified atom stereocenters.